The highest BCUT2D eigenvalue weighted by Crippen LogP contribution is 2.42. The average molecular weight is 569 g/mol. The third kappa shape index (κ3) is 5.52. The highest BCUT2D eigenvalue weighted by atomic mass is 32.2. The zero-order valence-corrected chi connectivity index (χ0v) is 24.0. The molecule has 3 N–H and O–H groups in total. The Balaban J connectivity index is 1.51. The largest absolute Gasteiger partial charge is 0.497 e. The number of carbonyl (C=O) groups excluding carboxylic acids is 1. The van der Waals surface area contributed by atoms with Crippen molar-refractivity contribution in [2.45, 2.75) is 50.3 Å². The van der Waals surface area contributed by atoms with Gasteiger partial charge in [0.15, 0.2) is 0 Å². The molecule has 2 aliphatic heterocycles. The van der Waals surface area contributed by atoms with Crippen LogP contribution in [-0.4, -0.2) is 50.9 Å². The molecule has 2 aromatic carbocycles. The lowest BCUT2D eigenvalue weighted by atomic mass is 9.96. The number of amidine groups is 1. The van der Waals surface area contributed by atoms with Gasteiger partial charge in [-0.1, -0.05) is 24.3 Å². The lowest BCUT2D eigenvalue weighted by molar-refractivity contribution is 0.00692. The summed E-state index contributed by atoms with van der Waals surface area (Å²) in [7, 11) is -2.02. The van der Waals surface area contributed by atoms with E-state index in [1.807, 2.05) is 45.0 Å². The number of carbonyl (C=O) groups is 1. The van der Waals surface area contributed by atoms with Crippen molar-refractivity contribution in [3.8, 4) is 5.75 Å². The van der Waals surface area contributed by atoms with Crippen molar-refractivity contribution in [1.29, 1.82) is 0 Å². The summed E-state index contributed by atoms with van der Waals surface area (Å²) in [5.41, 5.74) is 8.72. The predicted molar refractivity (Wildman–Crippen MR) is 152 cm³/mol. The highest BCUT2D eigenvalue weighted by Gasteiger charge is 2.36. The molecule has 0 saturated heterocycles. The minimum atomic E-state index is -3.65. The molecule has 3 heterocycles. The molecule has 1 atom stereocenters. The molecule has 3 aromatic rings. The molecule has 9 nitrogen and oxygen atoms in total. The fourth-order valence-corrected chi connectivity index (χ4v) is 7.42. The van der Waals surface area contributed by atoms with E-state index < -0.39 is 21.6 Å². The van der Waals surface area contributed by atoms with Gasteiger partial charge in [0.1, 0.15) is 22.2 Å². The van der Waals surface area contributed by atoms with Crippen molar-refractivity contribution in [3.63, 3.8) is 0 Å². The number of nitrogen functional groups attached to an aromatic ring is 1. The molecule has 1 aromatic heterocycles. The highest BCUT2D eigenvalue weighted by molar-refractivity contribution is 7.90. The number of thiophene rings is 1. The van der Waals surface area contributed by atoms with E-state index in [-0.39, 0.29) is 17.5 Å². The van der Waals surface area contributed by atoms with Crippen molar-refractivity contribution in [1.82, 2.24) is 9.62 Å². The number of esters is 1. The molecule has 0 spiro atoms. The van der Waals surface area contributed by atoms with Gasteiger partial charge in [0.25, 0.3) is 10.0 Å². The molecule has 11 heteroatoms. The van der Waals surface area contributed by atoms with Gasteiger partial charge in [-0.2, -0.15) is 0 Å². The van der Waals surface area contributed by atoms with Gasteiger partial charge in [0, 0.05) is 23.5 Å². The third-order valence-electron chi connectivity index (χ3n) is 6.69. The number of hydrogen-bond acceptors (Lipinski definition) is 9. The van der Waals surface area contributed by atoms with E-state index in [9.17, 15) is 13.2 Å². The number of fused-ring (bicyclic) bond motifs is 2. The Morgan fingerprint density at radius 3 is 2.59 bits per heavy atom. The van der Waals surface area contributed by atoms with Crippen molar-refractivity contribution in [3.05, 3.63) is 75.7 Å². The van der Waals surface area contributed by atoms with Crippen LogP contribution in [0, 0.1) is 0 Å². The van der Waals surface area contributed by atoms with E-state index in [1.165, 1.54) is 11.3 Å². The maximum atomic E-state index is 13.1. The molecule has 0 radical (unpaired) electrons. The van der Waals surface area contributed by atoms with E-state index in [0.29, 0.717) is 41.5 Å². The topological polar surface area (TPSA) is 123 Å². The van der Waals surface area contributed by atoms with Gasteiger partial charge in [-0.15, -0.1) is 11.3 Å². The van der Waals surface area contributed by atoms with Gasteiger partial charge in [-0.3, -0.25) is 14.6 Å². The second-order valence-electron chi connectivity index (χ2n) is 10.6. The molecular formula is C28H32N4O5S2. The molecule has 0 bridgehead atoms. The molecule has 0 aliphatic carbocycles. The zero-order chi connectivity index (χ0) is 27.9. The number of hydrogen-bond donors (Lipinski definition) is 2. The van der Waals surface area contributed by atoms with Gasteiger partial charge in [0.05, 0.1) is 30.2 Å². The van der Waals surface area contributed by atoms with Crippen molar-refractivity contribution in [2.75, 3.05) is 25.9 Å². The molecule has 0 saturated carbocycles. The first-order chi connectivity index (χ1) is 18.5. The first-order valence-corrected chi connectivity index (χ1v) is 14.9. The lowest BCUT2D eigenvalue weighted by Gasteiger charge is -2.35. The Hall–Kier alpha value is -3.41. The molecule has 0 fully saturated rings. The van der Waals surface area contributed by atoms with Crippen LogP contribution >= 0.6 is 11.3 Å². The smallest absolute Gasteiger partial charge is 0.341 e. The second kappa shape index (κ2) is 10.3. The molecule has 2 aliphatic rings. The van der Waals surface area contributed by atoms with Gasteiger partial charge < -0.3 is 15.2 Å². The normalized spacial score (nSPS) is 19.3. The van der Waals surface area contributed by atoms with Crippen LogP contribution in [0.4, 0.5) is 5.00 Å². The summed E-state index contributed by atoms with van der Waals surface area (Å²) < 4.78 is 38.8. The quantitative estimate of drug-likeness (QED) is 0.429. The number of methoxy groups -OCH3 is 1. The standard InChI is InChI=1S/C28H32N4O5S2/c1-28(2,3)37-27(33)23-20-13-14-32(16-17-9-11-18(36-4)12-10-17)21(24(20)38-25(23)29)15-30-26-19-7-5-6-8-22(19)39(34,35)31-26/h5-12,21H,13-16,29H2,1-4H3,(H,30,31). The Kier molecular flexibility index (Phi) is 7.17. The first kappa shape index (κ1) is 27.2. The second-order valence-corrected chi connectivity index (χ2v) is 13.3. The number of anilines is 1. The van der Waals surface area contributed by atoms with E-state index in [2.05, 4.69) is 9.62 Å². The number of aliphatic imine (C=N–C) groups is 1. The van der Waals surface area contributed by atoms with Crippen LogP contribution in [0.15, 0.2) is 58.4 Å². The van der Waals surface area contributed by atoms with Crippen LogP contribution in [0.2, 0.25) is 0 Å². The minimum Gasteiger partial charge on any atom is -0.497 e. The Morgan fingerprint density at radius 2 is 1.90 bits per heavy atom. The van der Waals surface area contributed by atoms with Crippen molar-refractivity contribution >= 4 is 38.2 Å². The summed E-state index contributed by atoms with van der Waals surface area (Å²) in [6, 6.07) is 14.5. The van der Waals surface area contributed by atoms with Gasteiger partial charge in [-0.25, -0.2) is 13.2 Å². The maximum absolute atomic E-state index is 13.1. The first-order valence-electron chi connectivity index (χ1n) is 12.6. The SMILES string of the molecule is COc1ccc(CN2CCc3c(sc(N)c3C(=O)OC(C)(C)C)C2CN=C2NS(=O)(=O)c3ccccc32)cc1. The number of nitrogens with zero attached hydrogens (tertiary/aromatic N) is 2. The Morgan fingerprint density at radius 1 is 1.18 bits per heavy atom. The van der Waals surface area contributed by atoms with Crippen LogP contribution in [0.1, 0.15) is 58.7 Å². The number of rotatable bonds is 6. The monoisotopic (exact) mass is 568 g/mol. The number of nitrogens with two attached hydrogens (primary N) is 1. The summed E-state index contributed by atoms with van der Waals surface area (Å²) in [6.45, 7) is 7.08. The molecule has 39 heavy (non-hydrogen) atoms. The van der Waals surface area contributed by atoms with Crippen LogP contribution in [0.25, 0.3) is 0 Å². The number of nitrogens with one attached hydrogen (secondary N) is 1. The van der Waals surface area contributed by atoms with Crippen LogP contribution in [-0.2, 0) is 27.7 Å². The number of ether oxygens (including phenoxy) is 2. The fraction of sp³-hybridized carbons (Fsp3) is 0.357. The molecule has 206 valence electrons. The van der Waals surface area contributed by atoms with E-state index in [1.54, 1.807) is 31.4 Å². The molecule has 1 unspecified atom stereocenters. The van der Waals surface area contributed by atoms with Crippen LogP contribution < -0.4 is 15.2 Å². The summed E-state index contributed by atoms with van der Waals surface area (Å²) in [5.74, 6) is 0.672. The van der Waals surface area contributed by atoms with Gasteiger partial charge in [-0.05, 0) is 62.6 Å². The predicted octanol–water partition coefficient (Wildman–Crippen LogP) is 4.13. The maximum Gasteiger partial charge on any atom is 0.341 e. The summed E-state index contributed by atoms with van der Waals surface area (Å²) in [5, 5.41) is 0.421. The third-order valence-corrected chi connectivity index (χ3v) is 9.25. The van der Waals surface area contributed by atoms with Crippen molar-refractivity contribution in [2.24, 2.45) is 4.99 Å². The van der Waals surface area contributed by atoms with Crippen molar-refractivity contribution < 1.29 is 22.7 Å². The number of benzene rings is 2. The van der Waals surface area contributed by atoms with E-state index in [0.717, 1.165) is 21.8 Å². The molecular weight excluding hydrogens is 536 g/mol. The fourth-order valence-electron chi connectivity index (χ4n) is 4.93. The van der Waals surface area contributed by atoms with E-state index in [4.69, 9.17) is 20.2 Å². The van der Waals surface area contributed by atoms with E-state index >= 15 is 0 Å². The average Bonchev–Trinajstić information content (AvgIpc) is 3.35. The van der Waals surface area contributed by atoms with Crippen LogP contribution in [0.3, 0.4) is 0 Å². The van der Waals surface area contributed by atoms with Gasteiger partial charge in [0.2, 0.25) is 0 Å². The Bertz CT molecular complexity index is 1540. The number of sulfonamides is 1. The van der Waals surface area contributed by atoms with Gasteiger partial charge >= 0.3 is 5.97 Å². The summed E-state index contributed by atoms with van der Waals surface area (Å²) >= 11 is 1.37. The molecule has 0 amide bonds. The lowest BCUT2D eigenvalue weighted by Crippen LogP contribution is -2.37. The minimum absolute atomic E-state index is 0.218. The molecule has 5 rings (SSSR count). The summed E-state index contributed by atoms with van der Waals surface area (Å²) in [6.07, 6.45) is 0.635. The Labute approximate surface area is 232 Å². The zero-order valence-electron chi connectivity index (χ0n) is 22.4. The summed E-state index contributed by atoms with van der Waals surface area (Å²) in [4.78, 5) is 21.3. The van der Waals surface area contributed by atoms with Crippen LogP contribution in [0.5, 0.6) is 5.75 Å².